The topological polar surface area (TPSA) is 72.5 Å². The van der Waals surface area contributed by atoms with Crippen molar-refractivity contribution in [3.05, 3.63) is 105 Å². The zero-order chi connectivity index (χ0) is 20.8. The van der Waals surface area contributed by atoms with Gasteiger partial charge < -0.3 is 9.88 Å². The van der Waals surface area contributed by atoms with E-state index in [1.165, 1.54) is 6.07 Å². The molecule has 0 radical (unpaired) electrons. The highest BCUT2D eigenvalue weighted by molar-refractivity contribution is 7.07. The van der Waals surface area contributed by atoms with Crippen molar-refractivity contribution in [1.82, 2.24) is 4.57 Å². The van der Waals surface area contributed by atoms with E-state index in [0.717, 1.165) is 21.7 Å². The van der Waals surface area contributed by atoms with E-state index in [0.29, 0.717) is 18.8 Å². The predicted octanol–water partition coefficient (Wildman–Crippen LogP) is 5.47. The maximum Gasteiger partial charge on any atom is 0.292 e. The Balaban J connectivity index is 1.65. The first-order valence-electron chi connectivity index (χ1n) is 9.53. The molecular formula is C23H20N4O2S. The molecule has 0 aliphatic heterocycles. The second kappa shape index (κ2) is 9.19. The lowest BCUT2D eigenvalue weighted by Crippen LogP contribution is -2.21. The third-order valence-electron chi connectivity index (χ3n) is 4.60. The number of hydrogen-bond acceptors (Lipinski definition) is 5. The van der Waals surface area contributed by atoms with Crippen LogP contribution in [0.3, 0.4) is 0 Å². The third kappa shape index (κ3) is 4.47. The van der Waals surface area contributed by atoms with Crippen LogP contribution in [0.4, 0.5) is 17.1 Å². The van der Waals surface area contributed by atoms with Gasteiger partial charge >= 0.3 is 0 Å². The minimum Gasteiger partial charge on any atom is -0.378 e. The number of nitro groups is 1. The van der Waals surface area contributed by atoms with Crippen LogP contribution in [0.2, 0.25) is 0 Å². The Morgan fingerprint density at radius 3 is 2.33 bits per heavy atom. The van der Waals surface area contributed by atoms with E-state index in [1.54, 1.807) is 29.5 Å². The molecule has 0 fully saturated rings. The number of rotatable bonds is 7. The minimum atomic E-state index is -0.369. The van der Waals surface area contributed by atoms with Crippen LogP contribution in [0.5, 0.6) is 0 Å². The third-order valence-corrected chi connectivity index (χ3v) is 5.46. The van der Waals surface area contributed by atoms with Crippen molar-refractivity contribution in [2.45, 2.75) is 6.54 Å². The van der Waals surface area contributed by atoms with E-state index in [2.05, 4.69) is 27.4 Å². The fraction of sp³-hybridized carbons (Fsp3) is 0.0870. The summed E-state index contributed by atoms with van der Waals surface area (Å²) in [6.07, 6.45) is 0. The first-order valence-corrected chi connectivity index (χ1v) is 10.4. The van der Waals surface area contributed by atoms with Gasteiger partial charge in [-0.1, -0.05) is 60.7 Å². The minimum absolute atomic E-state index is 0.0743. The molecule has 4 aromatic rings. The Bertz CT molecular complexity index is 1200. The molecule has 0 atom stereocenters. The Labute approximate surface area is 178 Å². The number of anilines is 1. The number of benzene rings is 3. The fourth-order valence-electron chi connectivity index (χ4n) is 3.17. The van der Waals surface area contributed by atoms with Crippen molar-refractivity contribution >= 4 is 28.4 Å². The van der Waals surface area contributed by atoms with Gasteiger partial charge in [-0.15, -0.1) is 11.3 Å². The summed E-state index contributed by atoms with van der Waals surface area (Å²) in [7, 11) is 0. The maximum absolute atomic E-state index is 11.3. The number of nitrogens with one attached hydrogen (secondary N) is 1. The molecule has 1 aromatic heterocycles. The molecule has 0 aliphatic carbocycles. The second-order valence-electron chi connectivity index (χ2n) is 6.57. The molecule has 1 N–H and O–H groups in total. The van der Waals surface area contributed by atoms with Crippen LogP contribution in [0.15, 0.2) is 95.3 Å². The monoisotopic (exact) mass is 416 g/mol. The number of para-hydroxylation sites is 3. The van der Waals surface area contributed by atoms with Gasteiger partial charge in [0.25, 0.3) is 5.69 Å². The lowest BCUT2D eigenvalue weighted by molar-refractivity contribution is -0.384. The normalized spacial score (nSPS) is 11.4. The van der Waals surface area contributed by atoms with Crippen LogP contribution in [0.1, 0.15) is 0 Å². The number of hydrogen-bond donors (Lipinski definition) is 1. The number of nitro benzene ring substituents is 1. The van der Waals surface area contributed by atoms with Crippen LogP contribution >= 0.6 is 11.3 Å². The van der Waals surface area contributed by atoms with Gasteiger partial charge in [-0.25, -0.2) is 4.99 Å². The van der Waals surface area contributed by atoms with E-state index in [1.807, 2.05) is 48.5 Å². The van der Waals surface area contributed by atoms with Crippen LogP contribution < -0.4 is 10.1 Å². The van der Waals surface area contributed by atoms with E-state index in [9.17, 15) is 10.1 Å². The number of thiazole rings is 1. The standard InChI is InChI=1S/C23H20N4O2S/c28-27(29)21-14-8-7-13-20(21)24-15-16-26-22(18-9-3-1-4-10-18)17-30-23(26)25-19-11-5-2-6-12-19/h1-14,17,24H,15-16H2. The lowest BCUT2D eigenvalue weighted by atomic mass is 10.2. The van der Waals surface area contributed by atoms with Crippen LogP contribution in [0.25, 0.3) is 11.3 Å². The largest absolute Gasteiger partial charge is 0.378 e. The molecule has 0 bridgehead atoms. The molecule has 0 saturated heterocycles. The van der Waals surface area contributed by atoms with E-state index in [4.69, 9.17) is 4.99 Å². The zero-order valence-corrected chi connectivity index (χ0v) is 17.0. The Kier molecular flexibility index (Phi) is 6.01. The van der Waals surface area contributed by atoms with E-state index < -0.39 is 0 Å². The predicted molar refractivity (Wildman–Crippen MR) is 121 cm³/mol. The highest BCUT2D eigenvalue weighted by atomic mass is 32.1. The van der Waals surface area contributed by atoms with Crippen LogP contribution in [-0.2, 0) is 6.54 Å². The Morgan fingerprint density at radius 1 is 0.933 bits per heavy atom. The molecule has 0 spiro atoms. The molecule has 150 valence electrons. The van der Waals surface area contributed by atoms with Gasteiger partial charge in [0.1, 0.15) is 5.69 Å². The summed E-state index contributed by atoms with van der Waals surface area (Å²) in [5.74, 6) is 0. The fourth-order valence-corrected chi connectivity index (χ4v) is 4.13. The summed E-state index contributed by atoms with van der Waals surface area (Å²) < 4.78 is 2.15. The Hall–Kier alpha value is -3.71. The maximum atomic E-state index is 11.3. The summed E-state index contributed by atoms with van der Waals surface area (Å²) in [4.78, 5) is 16.6. The highest BCUT2D eigenvalue weighted by Crippen LogP contribution is 2.24. The molecule has 0 unspecified atom stereocenters. The summed E-state index contributed by atoms with van der Waals surface area (Å²) in [6, 6.07) is 26.7. The van der Waals surface area contributed by atoms with E-state index >= 15 is 0 Å². The SMILES string of the molecule is O=[N+]([O-])c1ccccc1NCCn1c(-c2ccccc2)csc1=Nc1ccccc1. The summed E-state index contributed by atoms with van der Waals surface area (Å²) in [5.41, 5.74) is 3.65. The molecule has 0 saturated carbocycles. The van der Waals surface area contributed by atoms with Crippen LogP contribution in [0, 0.1) is 10.1 Å². The molecule has 1 heterocycles. The van der Waals surface area contributed by atoms with Crippen LogP contribution in [-0.4, -0.2) is 16.0 Å². The molecule has 30 heavy (non-hydrogen) atoms. The van der Waals surface area contributed by atoms with Crippen molar-refractivity contribution in [3.8, 4) is 11.3 Å². The first kappa shape index (κ1) is 19.6. The van der Waals surface area contributed by atoms with Gasteiger partial charge in [0.05, 0.1) is 16.3 Å². The van der Waals surface area contributed by atoms with Gasteiger partial charge in [0.15, 0.2) is 4.80 Å². The molecule has 3 aromatic carbocycles. The highest BCUT2D eigenvalue weighted by Gasteiger charge is 2.12. The van der Waals surface area contributed by atoms with Crippen molar-refractivity contribution in [2.75, 3.05) is 11.9 Å². The quantitative estimate of drug-likeness (QED) is 0.321. The van der Waals surface area contributed by atoms with Crippen molar-refractivity contribution in [2.24, 2.45) is 4.99 Å². The van der Waals surface area contributed by atoms with Gasteiger partial charge in [-0.2, -0.15) is 0 Å². The van der Waals surface area contributed by atoms with E-state index in [-0.39, 0.29) is 10.6 Å². The van der Waals surface area contributed by atoms with Gasteiger partial charge in [-0.3, -0.25) is 10.1 Å². The summed E-state index contributed by atoms with van der Waals surface area (Å²) >= 11 is 1.58. The second-order valence-corrected chi connectivity index (χ2v) is 7.41. The average Bonchev–Trinajstić information content (AvgIpc) is 3.17. The zero-order valence-electron chi connectivity index (χ0n) is 16.1. The molecule has 0 aliphatic rings. The van der Waals surface area contributed by atoms with Gasteiger partial charge in [0, 0.05) is 24.5 Å². The number of nitrogens with zero attached hydrogens (tertiary/aromatic N) is 3. The summed E-state index contributed by atoms with van der Waals surface area (Å²) in [6.45, 7) is 1.15. The van der Waals surface area contributed by atoms with Crippen molar-refractivity contribution in [1.29, 1.82) is 0 Å². The number of aromatic nitrogens is 1. The molecule has 6 nitrogen and oxygen atoms in total. The lowest BCUT2D eigenvalue weighted by Gasteiger charge is -2.11. The van der Waals surface area contributed by atoms with Crippen molar-refractivity contribution < 1.29 is 4.92 Å². The average molecular weight is 417 g/mol. The smallest absolute Gasteiger partial charge is 0.292 e. The molecule has 4 rings (SSSR count). The van der Waals surface area contributed by atoms with Gasteiger partial charge in [-0.05, 0) is 23.8 Å². The summed E-state index contributed by atoms with van der Waals surface area (Å²) in [5, 5.41) is 16.6. The molecular weight excluding hydrogens is 396 g/mol. The first-order chi connectivity index (χ1) is 14.7. The van der Waals surface area contributed by atoms with Crippen molar-refractivity contribution in [3.63, 3.8) is 0 Å². The van der Waals surface area contributed by atoms with Gasteiger partial charge in [0.2, 0.25) is 0 Å². The molecule has 0 amide bonds. The Morgan fingerprint density at radius 2 is 1.60 bits per heavy atom. The molecule has 7 heteroatoms.